The van der Waals surface area contributed by atoms with E-state index in [-0.39, 0.29) is 53.5 Å². The smallest absolute Gasteiger partial charge is 0.230 e. The Balaban J connectivity index is 1.18. The molecule has 0 unspecified atom stereocenters. The summed E-state index contributed by atoms with van der Waals surface area (Å²) in [5, 5.41) is 3.19. The molecule has 3 aromatic carbocycles. The summed E-state index contributed by atoms with van der Waals surface area (Å²) < 4.78 is 45.9. The molecular weight excluding hydrogens is 666 g/mol. The first-order valence-corrected chi connectivity index (χ1v) is 17.0. The van der Waals surface area contributed by atoms with Gasteiger partial charge in [-0.1, -0.05) is 42.1 Å². The molecule has 1 aliphatic rings. The molecule has 0 aliphatic heterocycles. The summed E-state index contributed by atoms with van der Waals surface area (Å²) in [4.78, 5) is 53.2. The zero-order chi connectivity index (χ0) is 35.7. The highest BCUT2D eigenvalue weighted by atomic mass is 32.2. The van der Waals surface area contributed by atoms with Crippen LogP contribution in [0.3, 0.4) is 0 Å². The van der Waals surface area contributed by atoms with E-state index in [1.807, 2.05) is 12.2 Å². The SMILES string of the molecule is COc1cc2c(Oc3ccc(CC(=O)C4(C(=O)Cc5ccc(F)cc5)CC4)cc3F)ccnc2cc1OC/C=C/CCNC(=O)CSC(C)=O. The maximum absolute atomic E-state index is 15.3. The third-order valence-electron chi connectivity index (χ3n) is 8.20. The molecule has 5 rings (SSSR count). The van der Waals surface area contributed by atoms with Gasteiger partial charge in [0, 0.05) is 44.0 Å². The Bertz CT molecular complexity index is 1930. The Morgan fingerprint density at radius 2 is 1.60 bits per heavy atom. The van der Waals surface area contributed by atoms with Crippen LogP contribution in [0, 0.1) is 17.0 Å². The summed E-state index contributed by atoms with van der Waals surface area (Å²) in [5.41, 5.74) is 0.506. The van der Waals surface area contributed by atoms with Gasteiger partial charge in [0.2, 0.25) is 5.91 Å². The second-order valence-electron chi connectivity index (χ2n) is 11.8. The van der Waals surface area contributed by atoms with Crippen molar-refractivity contribution >= 4 is 45.3 Å². The summed E-state index contributed by atoms with van der Waals surface area (Å²) in [6.07, 6.45) is 6.62. The highest BCUT2D eigenvalue weighted by molar-refractivity contribution is 8.14. The molecule has 4 aromatic rings. The van der Waals surface area contributed by atoms with Crippen molar-refractivity contribution in [2.24, 2.45) is 5.41 Å². The van der Waals surface area contributed by atoms with Crippen molar-refractivity contribution in [2.75, 3.05) is 26.0 Å². The van der Waals surface area contributed by atoms with Gasteiger partial charge in [0.05, 0.1) is 23.8 Å². The van der Waals surface area contributed by atoms with Gasteiger partial charge >= 0.3 is 0 Å². The van der Waals surface area contributed by atoms with E-state index >= 15 is 4.39 Å². The van der Waals surface area contributed by atoms with Crippen LogP contribution in [0.25, 0.3) is 10.9 Å². The number of nitrogens with one attached hydrogen (secondary N) is 1. The number of carbonyl (C=O) groups is 4. The fraction of sp³-hybridized carbons (Fsp3) is 0.289. The molecule has 12 heteroatoms. The lowest BCUT2D eigenvalue weighted by Gasteiger charge is -2.15. The first-order chi connectivity index (χ1) is 24.1. The molecule has 1 saturated carbocycles. The highest BCUT2D eigenvalue weighted by Gasteiger charge is 2.54. The van der Waals surface area contributed by atoms with E-state index < -0.39 is 17.0 Å². The van der Waals surface area contributed by atoms with Crippen LogP contribution in [0.5, 0.6) is 23.0 Å². The average Bonchev–Trinajstić information content (AvgIpc) is 3.91. The fourth-order valence-corrected chi connectivity index (χ4v) is 5.77. The number of hydrogen-bond donors (Lipinski definition) is 1. The molecule has 0 saturated heterocycles. The molecule has 1 fully saturated rings. The Hall–Kier alpha value is -5.10. The van der Waals surface area contributed by atoms with Gasteiger partial charge in [-0.15, -0.1) is 0 Å². The standard InChI is InChI=1S/C38H36F2N2O7S/c1-24(43)50-23-37(46)42-15-4-3-5-17-48-34-22-30-28(21-33(34)47-2)31(12-16-41-30)49-32-11-8-26(18-29(32)40)20-36(45)38(13-14-38)35(44)19-25-6-9-27(39)10-7-25/h3,5-12,16,18,21-22H,4,13-15,17,19-20,23H2,1-2H3,(H,42,46)/b5-3+. The number of carbonyl (C=O) groups excluding carboxylic acids is 4. The van der Waals surface area contributed by atoms with Gasteiger partial charge in [-0.05, 0) is 66.8 Å². The summed E-state index contributed by atoms with van der Waals surface area (Å²) in [7, 11) is 1.50. The Kier molecular flexibility index (Phi) is 12.0. The average molecular weight is 703 g/mol. The van der Waals surface area contributed by atoms with Gasteiger partial charge in [0.25, 0.3) is 0 Å². The summed E-state index contributed by atoms with van der Waals surface area (Å²) >= 11 is 0.964. The Morgan fingerprint density at radius 1 is 0.880 bits per heavy atom. The van der Waals surface area contributed by atoms with Crippen molar-refractivity contribution in [1.82, 2.24) is 10.3 Å². The first kappa shape index (κ1) is 36.2. The van der Waals surface area contributed by atoms with Crippen LogP contribution < -0.4 is 19.5 Å². The van der Waals surface area contributed by atoms with E-state index in [4.69, 9.17) is 14.2 Å². The highest BCUT2D eigenvalue weighted by Crippen LogP contribution is 2.49. The molecule has 260 valence electrons. The summed E-state index contributed by atoms with van der Waals surface area (Å²) in [6, 6.07) is 14.9. The largest absolute Gasteiger partial charge is 0.493 e. The number of pyridine rings is 1. The van der Waals surface area contributed by atoms with E-state index in [1.165, 1.54) is 56.6 Å². The summed E-state index contributed by atoms with van der Waals surface area (Å²) in [5.74, 6) is -0.512. The van der Waals surface area contributed by atoms with E-state index in [2.05, 4.69) is 10.3 Å². The van der Waals surface area contributed by atoms with Gasteiger partial charge in [-0.3, -0.25) is 24.2 Å². The topological polar surface area (TPSA) is 121 Å². The lowest BCUT2D eigenvalue weighted by Crippen LogP contribution is -2.28. The molecular formula is C38H36F2N2O7S. The van der Waals surface area contributed by atoms with Gasteiger partial charge in [-0.2, -0.15) is 0 Å². The lowest BCUT2D eigenvalue weighted by molar-refractivity contribution is -0.134. The Morgan fingerprint density at radius 3 is 2.28 bits per heavy atom. The van der Waals surface area contributed by atoms with Crippen molar-refractivity contribution in [3.63, 3.8) is 0 Å². The van der Waals surface area contributed by atoms with Crippen LogP contribution in [0.4, 0.5) is 8.78 Å². The second-order valence-corrected chi connectivity index (χ2v) is 13.0. The van der Waals surface area contributed by atoms with Gasteiger partial charge < -0.3 is 19.5 Å². The number of ether oxygens (including phenoxy) is 3. The minimum Gasteiger partial charge on any atom is -0.493 e. The molecule has 1 heterocycles. The van der Waals surface area contributed by atoms with Crippen LogP contribution >= 0.6 is 11.8 Å². The normalized spacial score (nSPS) is 13.2. The van der Waals surface area contributed by atoms with Crippen molar-refractivity contribution in [2.45, 2.75) is 39.0 Å². The first-order valence-electron chi connectivity index (χ1n) is 16.0. The van der Waals surface area contributed by atoms with Gasteiger partial charge in [-0.25, -0.2) is 8.78 Å². The molecule has 1 amide bonds. The zero-order valence-corrected chi connectivity index (χ0v) is 28.4. The van der Waals surface area contributed by atoms with E-state index in [1.54, 1.807) is 24.3 Å². The number of aromatic nitrogens is 1. The van der Waals surface area contributed by atoms with Crippen molar-refractivity contribution in [3.05, 3.63) is 102 Å². The van der Waals surface area contributed by atoms with Crippen molar-refractivity contribution in [3.8, 4) is 23.0 Å². The molecule has 1 aliphatic carbocycles. The third-order valence-corrected chi connectivity index (χ3v) is 9.02. The minimum absolute atomic E-state index is 0.0371. The molecule has 0 atom stereocenters. The monoisotopic (exact) mass is 702 g/mol. The lowest BCUT2D eigenvalue weighted by atomic mass is 9.88. The quantitative estimate of drug-likeness (QED) is 0.0725. The van der Waals surface area contributed by atoms with Crippen LogP contribution in [0.15, 0.2) is 79.0 Å². The van der Waals surface area contributed by atoms with Crippen LogP contribution in [0.2, 0.25) is 0 Å². The van der Waals surface area contributed by atoms with Crippen LogP contribution in [-0.2, 0) is 32.0 Å². The number of hydrogen-bond acceptors (Lipinski definition) is 9. The van der Waals surface area contributed by atoms with Gasteiger partial charge in [0.1, 0.15) is 18.2 Å². The molecule has 50 heavy (non-hydrogen) atoms. The number of benzene rings is 3. The summed E-state index contributed by atoms with van der Waals surface area (Å²) in [6.45, 7) is 2.08. The number of methoxy groups -OCH3 is 1. The molecule has 0 bridgehead atoms. The maximum atomic E-state index is 15.3. The van der Waals surface area contributed by atoms with Crippen molar-refractivity contribution < 1.29 is 42.2 Å². The zero-order valence-electron chi connectivity index (χ0n) is 27.6. The van der Waals surface area contributed by atoms with Crippen LogP contribution in [-0.4, -0.2) is 53.6 Å². The van der Waals surface area contributed by atoms with Gasteiger partial charge in [0.15, 0.2) is 39.7 Å². The number of amides is 1. The molecule has 0 radical (unpaired) electrons. The number of rotatable bonds is 17. The fourth-order valence-electron chi connectivity index (χ4n) is 5.33. The molecule has 1 N–H and O–H groups in total. The van der Waals surface area contributed by atoms with E-state index in [0.29, 0.717) is 65.1 Å². The van der Waals surface area contributed by atoms with Crippen LogP contribution in [0.1, 0.15) is 37.3 Å². The number of halogens is 2. The number of ketones is 2. The number of fused-ring (bicyclic) bond motifs is 1. The predicted octanol–water partition coefficient (Wildman–Crippen LogP) is 6.74. The molecule has 9 nitrogen and oxygen atoms in total. The third kappa shape index (κ3) is 9.32. The predicted molar refractivity (Wildman–Crippen MR) is 186 cm³/mol. The van der Waals surface area contributed by atoms with E-state index in [9.17, 15) is 23.6 Å². The number of thioether (sulfide) groups is 1. The minimum atomic E-state index is -1.08. The van der Waals surface area contributed by atoms with E-state index in [0.717, 1.165) is 11.8 Å². The second kappa shape index (κ2) is 16.5. The number of nitrogens with zero attached hydrogens (tertiary/aromatic N) is 1. The maximum Gasteiger partial charge on any atom is 0.230 e. The Labute approximate surface area is 292 Å². The molecule has 0 spiro atoms. The van der Waals surface area contributed by atoms with Crippen molar-refractivity contribution in [1.29, 1.82) is 0 Å². The molecule has 1 aromatic heterocycles. The number of Topliss-reactive ketones (excluding diaryl/α,β-unsaturated/α-hetero) is 2.